The zero-order chi connectivity index (χ0) is 52.3. The Kier molecular flexibility index (Phi) is 14.3. The molecule has 3 aromatic heterocycles. The third kappa shape index (κ3) is 11.0. The summed E-state index contributed by atoms with van der Waals surface area (Å²) >= 11 is 0. The predicted molar refractivity (Wildman–Crippen MR) is 286 cm³/mol. The summed E-state index contributed by atoms with van der Waals surface area (Å²) < 4.78 is 67.9. The van der Waals surface area contributed by atoms with Crippen LogP contribution in [0.3, 0.4) is 0 Å². The monoisotopic (exact) mass is 1040 g/mol. The molecule has 10 rings (SSSR count). The third-order valence-electron chi connectivity index (χ3n) is 13.5. The molecule has 75 heavy (non-hydrogen) atoms. The Morgan fingerprint density at radius 1 is 0.587 bits per heavy atom. The highest BCUT2D eigenvalue weighted by molar-refractivity contribution is 7.93. The zero-order valence-electron chi connectivity index (χ0n) is 41.2. The minimum atomic E-state index is -4.28. The first-order chi connectivity index (χ1) is 36.2. The van der Waals surface area contributed by atoms with Crippen molar-refractivity contribution in [2.75, 3.05) is 68.9 Å². The maximum Gasteiger partial charge on any atom is 0.264 e. The lowest BCUT2D eigenvalue weighted by molar-refractivity contribution is -0.131. The second kappa shape index (κ2) is 21.3. The van der Waals surface area contributed by atoms with E-state index in [1.165, 1.54) is 49.8 Å². The number of sulfonamides is 2. The van der Waals surface area contributed by atoms with Gasteiger partial charge in [-0.2, -0.15) is 0 Å². The third-order valence-corrected chi connectivity index (χ3v) is 16.3. The molecular weight excluding hydrogens is 991 g/mol. The van der Waals surface area contributed by atoms with Crippen molar-refractivity contribution < 1.29 is 36.0 Å². The van der Waals surface area contributed by atoms with Crippen molar-refractivity contribution >= 4 is 70.9 Å². The van der Waals surface area contributed by atoms with Gasteiger partial charge in [-0.3, -0.25) is 43.7 Å². The van der Waals surface area contributed by atoms with E-state index in [2.05, 4.69) is 29.3 Å². The summed E-state index contributed by atoms with van der Waals surface area (Å²) in [5.74, 6) is -0.269. The number of nitrogens with zero attached hydrogens (tertiary/aromatic N) is 7. The van der Waals surface area contributed by atoms with Crippen molar-refractivity contribution in [1.82, 2.24) is 34.6 Å². The number of carbonyl (C=O) groups is 3. The highest BCUT2D eigenvalue weighted by Crippen LogP contribution is 2.34. The van der Waals surface area contributed by atoms with Crippen LogP contribution in [0.15, 0.2) is 162 Å². The van der Waals surface area contributed by atoms with E-state index in [-0.39, 0.29) is 62.0 Å². The molecule has 2 fully saturated rings. The number of para-hydroxylation sites is 1. The molecule has 3 amide bonds. The van der Waals surface area contributed by atoms with Crippen molar-refractivity contribution in [2.45, 2.75) is 29.7 Å². The summed E-state index contributed by atoms with van der Waals surface area (Å²) in [6.45, 7) is 6.40. The molecule has 17 nitrogen and oxygen atoms in total. The lowest BCUT2D eigenvalue weighted by atomic mass is 10.0. The number of ether oxygens (including phenoxy) is 1. The fourth-order valence-electron chi connectivity index (χ4n) is 9.51. The number of carbonyl (C=O) groups excluding carboxylic acids is 3. The van der Waals surface area contributed by atoms with Gasteiger partial charge in [-0.15, -0.1) is 0 Å². The van der Waals surface area contributed by atoms with Crippen LogP contribution in [0.2, 0.25) is 0 Å². The van der Waals surface area contributed by atoms with Crippen LogP contribution in [0.1, 0.15) is 37.5 Å². The van der Waals surface area contributed by atoms with Gasteiger partial charge in [0, 0.05) is 105 Å². The first-order valence-electron chi connectivity index (χ1n) is 24.4. The quantitative estimate of drug-likeness (QED) is 0.111. The van der Waals surface area contributed by atoms with Crippen LogP contribution in [0, 0.1) is 6.92 Å². The number of nitrogens with one attached hydrogen (secondary N) is 2. The number of pyridine rings is 3. The Hall–Kier alpha value is -8.26. The van der Waals surface area contributed by atoms with Gasteiger partial charge in [0.1, 0.15) is 15.5 Å². The molecule has 0 spiro atoms. The van der Waals surface area contributed by atoms with Crippen LogP contribution >= 0.6 is 0 Å². The summed E-state index contributed by atoms with van der Waals surface area (Å²) in [6, 6.07) is 38.0. The molecule has 0 radical (unpaired) electrons. The molecule has 0 unspecified atom stereocenters. The Morgan fingerprint density at radius 2 is 1.25 bits per heavy atom. The average Bonchev–Trinajstić information content (AvgIpc) is 3.43. The Bertz CT molecular complexity index is 3700. The number of hydrogen-bond donors (Lipinski definition) is 2. The largest absolute Gasteiger partial charge is 0.496 e. The van der Waals surface area contributed by atoms with Crippen LogP contribution in [-0.2, 0) is 37.8 Å². The Balaban J connectivity index is 0.829. The van der Waals surface area contributed by atoms with Gasteiger partial charge in [-0.1, -0.05) is 54.6 Å². The maximum absolute atomic E-state index is 14.4. The van der Waals surface area contributed by atoms with Crippen molar-refractivity contribution in [3.8, 4) is 16.9 Å². The molecule has 382 valence electrons. The van der Waals surface area contributed by atoms with E-state index in [1.807, 2.05) is 53.4 Å². The Labute approximate surface area is 434 Å². The first-order valence-corrected chi connectivity index (χ1v) is 27.3. The first kappa shape index (κ1) is 50.3. The SMILES string of the molecule is COc1cc(NS(=O)(=O)c2cccc3cc(-c4cc(S(=O)(=O)Nc5ccc(C(=O)N6CCN(Cc7ccccn7)CC6)cc5C)c5ncccc5c4)cnc23)ccc1C(=O)N1CCN(C(=O)Cc2ccccc2)CC1. The van der Waals surface area contributed by atoms with Crippen molar-refractivity contribution in [2.24, 2.45) is 0 Å². The normalized spacial score (nSPS) is 14.5. The molecule has 2 saturated heterocycles. The van der Waals surface area contributed by atoms with Crippen molar-refractivity contribution in [3.05, 3.63) is 180 Å². The Morgan fingerprint density at radius 3 is 1.99 bits per heavy atom. The second-order valence-electron chi connectivity index (χ2n) is 18.5. The van der Waals surface area contributed by atoms with Crippen molar-refractivity contribution in [3.63, 3.8) is 0 Å². The van der Waals surface area contributed by atoms with E-state index in [0.717, 1.165) is 11.3 Å². The number of rotatable bonds is 14. The highest BCUT2D eigenvalue weighted by Gasteiger charge is 2.29. The van der Waals surface area contributed by atoms with E-state index in [9.17, 15) is 31.2 Å². The zero-order valence-corrected chi connectivity index (χ0v) is 42.9. The summed E-state index contributed by atoms with van der Waals surface area (Å²) in [7, 11) is -7.15. The molecule has 2 aliphatic heterocycles. The van der Waals surface area contributed by atoms with Gasteiger partial charge in [0.15, 0.2) is 0 Å². The van der Waals surface area contributed by atoms with Gasteiger partial charge in [0.2, 0.25) is 5.91 Å². The van der Waals surface area contributed by atoms with Crippen LogP contribution in [0.4, 0.5) is 11.4 Å². The minimum absolute atomic E-state index is 0.00725. The summed E-state index contributed by atoms with van der Waals surface area (Å²) in [4.78, 5) is 61.0. The number of hydrogen-bond acceptors (Lipinski definition) is 12. The number of aryl methyl sites for hydroxylation is 1. The van der Waals surface area contributed by atoms with E-state index in [4.69, 9.17) is 4.74 Å². The molecule has 0 aliphatic carbocycles. The minimum Gasteiger partial charge on any atom is -0.496 e. The number of methoxy groups -OCH3 is 1. The lowest BCUT2D eigenvalue weighted by Gasteiger charge is -2.35. The van der Waals surface area contributed by atoms with Gasteiger partial charge in [-0.05, 0) is 96.4 Å². The molecule has 2 aliphatic rings. The van der Waals surface area contributed by atoms with Crippen LogP contribution in [0.25, 0.3) is 32.9 Å². The number of amides is 3. The maximum atomic E-state index is 14.4. The molecule has 8 aromatic rings. The van der Waals surface area contributed by atoms with Crippen LogP contribution < -0.4 is 14.2 Å². The van der Waals surface area contributed by atoms with E-state index < -0.39 is 20.0 Å². The van der Waals surface area contributed by atoms with Gasteiger partial charge >= 0.3 is 0 Å². The standard InChI is InChI=1S/C56H53N9O8S2/c1-38-30-42(55(67)64-24-22-62(23-25-64)37-46-14-6-7-20-57-46)16-19-48(38)61-75(71,72)51-34-43(32-41-13-9-21-58-54(41)51)44-33-40-12-8-15-50(53(40)59-36-44)74(69,70)60-45-17-18-47(49(35-45)73-2)56(68)65-28-26-63(27-29-65)52(66)31-39-10-4-3-5-11-39/h3-21,30,32-36,60-61H,22-29,31,37H2,1-2H3. The molecular formula is C56H53N9O8S2. The molecule has 5 aromatic carbocycles. The number of anilines is 2. The van der Waals surface area contributed by atoms with Gasteiger partial charge in [-0.25, -0.2) is 16.8 Å². The number of piperazine rings is 2. The molecule has 2 N–H and O–H groups in total. The molecule has 19 heteroatoms. The summed E-state index contributed by atoms with van der Waals surface area (Å²) in [6.07, 6.45) is 5.07. The summed E-state index contributed by atoms with van der Waals surface area (Å²) in [5.41, 5.74) is 5.06. The lowest BCUT2D eigenvalue weighted by Crippen LogP contribution is -2.51. The van der Waals surface area contributed by atoms with Gasteiger partial charge in [0.25, 0.3) is 31.9 Å². The molecule has 5 heterocycles. The number of fused-ring (bicyclic) bond motifs is 2. The van der Waals surface area contributed by atoms with E-state index >= 15 is 0 Å². The van der Waals surface area contributed by atoms with Gasteiger partial charge in [0.05, 0.1) is 47.2 Å². The van der Waals surface area contributed by atoms with Crippen LogP contribution in [0.5, 0.6) is 5.75 Å². The molecule has 0 bridgehead atoms. The number of aromatic nitrogens is 3. The van der Waals surface area contributed by atoms with Crippen LogP contribution in [-0.4, -0.2) is 129 Å². The van der Waals surface area contributed by atoms with E-state index in [1.54, 1.807) is 77.5 Å². The van der Waals surface area contributed by atoms with Crippen molar-refractivity contribution in [1.29, 1.82) is 0 Å². The predicted octanol–water partition coefficient (Wildman–Crippen LogP) is 7.25. The highest BCUT2D eigenvalue weighted by atomic mass is 32.2. The topological polar surface area (TPSA) is 204 Å². The second-order valence-corrected chi connectivity index (χ2v) is 21.8. The molecule has 0 saturated carbocycles. The van der Waals surface area contributed by atoms with E-state index in [0.29, 0.717) is 97.6 Å². The number of benzene rings is 5. The fourth-order valence-corrected chi connectivity index (χ4v) is 12.1. The summed E-state index contributed by atoms with van der Waals surface area (Å²) in [5, 5.41) is 1.02. The average molecular weight is 1040 g/mol. The van der Waals surface area contributed by atoms with Gasteiger partial charge < -0.3 is 19.4 Å². The molecule has 0 atom stereocenters. The fraction of sp³-hybridized carbons (Fsp3) is 0.214. The smallest absolute Gasteiger partial charge is 0.264 e.